The molecule has 2 rings (SSSR count). The standard InChI is InChI=1S/C14H17FN4/c1-4-17-14(11-6-12(15)8-16-7-11)13-5-9(2)18-19-10(13)3/h5-8,14,17H,4H2,1-3H3. The smallest absolute Gasteiger partial charge is 0.141 e. The number of nitrogens with one attached hydrogen (secondary N) is 1. The zero-order valence-electron chi connectivity index (χ0n) is 11.3. The van der Waals surface area contributed by atoms with Gasteiger partial charge in [-0.2, -0.15) is 10.2 Å². The van der Waals surface area contributed by atoms with Gasteiger partial charge in [-0.1, -0.05) is 6.92 Å². The van der Waals surface area contributed by atoms with Gasteiger partial charge in [-0.3, -0.25) is 4.98 Å². The first kappa shape index (κ1) is 13.5. The summed E-state index contributed by atoms with van der Waals surface area (Å²) in [4.78, 5) is 3.91. The van der Waals surface area contributed by atoms with Crippen molar-refractivity contribution >= 4 is 0 Å². The summed E-state index contributed by atoms with van der Waals surface area (Å²) < 4.78 is 13.3. The van der Waals surface area contributed by atoms with Crippen molar-refractivity contribution in [2.75, 3.05) is 6.54 Å². The molecule has 0 spiro atoms. The van der Waals surface area contributed by atoms with Crippen molar-refractivity contribution in [1.29, 1.82) is 0 Å². The third-order valence-electron chi connectivity index (χ3n) is 2.92. The fraction of sp³-hybridized carbons (Fsp3) is 0.357. The summed E-state index contributed by atoms with van der Waals surface area (Å²) >= 11 is 0. The van der Waals surface area contributed by atoms with E-state index >= 15 is 0 Å². The highest BCUT2D eigenvalue weighted by atomic mass is 19.1. The van der Waals surface area contributed by atoms with Gasteiger partial charge in [0.2, 0.25) is 0 Å². The fourth-order valence-corrected chi connectivity index (χ4v) is 2.06. The first-order chi connectivity index (χ1) is 9.11. The minimum absolute atomic E-state index is 0.123. The van der Waals surface area contributed by atoms with Crippen molar-refractivity contribution in [3.05, 3.63) is 52.9 Å². The Kier molecular flexibility index (Phi) is 4.16. The SMILES string of the molecule is CCNC(c1cncc(F)c1)c1cc(C)nnc1C. The van der Waals surface area contributed by atoms with Crippen LogP contribution in [0.15, 0.2) is 24.5 Å². The average Bonchev–Trinajstić information content (AvgIpc) is 2.39. The van der Waals surface area contributed by atoms with Gasteiger partial charge < -0.3 is 5.32 Å². The molecule has 19 heavy (non-hydrogen) atoms. The number of rotatable bonds is 4. The molecule has 0 saturated carbocycles. The lowest BCUT2D eigenvalue weighted by atomic mass is 9.99. The number of aromatic nitrogens is 3. The average molecular weight is 260 g/mol. The minimum Gasteiger partial charge on any atom is -0.306 e. The van der Waals surface area contributed by atoms with E-state index in [0.717, 1.165) is 29.1 Å². The van der Waals surface area contributed by atoms with E-state index < -0.39 is 0 Å². The van der Waals surface area contributed by atoms with Crippen molar-refractivity contribution in [3.63, 3.8) is 0 Å². The fourth-order valence-electron chi connectivity index (χ4n) is 2.06. The number of aryl methyl sites for hydroxylation is 2. The van der Waals surface area contributed by atoms with Crippen LogP contribution >= 0.6 is 0 Å². The summed E-state index contributed by atoms with van der Waals surface area (Å²) in [7, 11) is 0. The topological polar surface area (TPSA) is 50.7 Å². The molecule has 1 unspecified atom stereocenters. The second-order valence-electron chi connectivity index (χ2n) is 4.45. The van der Waals surface area contributed by atoms with E-state index in [4.69, 9.17) is 0 Å². The molecule has 0 aliphatic carbocycles. The van der Waals surface area contributed by atoms with E-state index in [1.54, 1.807) is 6.20 Å². The molecule has 0 aliphatic rings. The van der Waals surface area contributed by atoms with E-state index in [2.05, 4.69) is 20.5 Å². The molecule has 2 heterocycles. The zero-order valence-corrected chi connectivity index (χ0v) is 11.3. The second kappa shape index (κ2) is 5.84. The van der Waals surface area contributed by atoms with Gasteiger partial charge in [-0.15, -0.1) is 0 Å². The largest absolute Gasteiger partial charge is 0.306 e. The van der Waals surface area contributed by atoms with Crippen LogP contribution in [0.1, 0.15) is 35.5 Å². The van der Waals surface area contributed by atoms with E-state index in [9.17, 15) is 4.39 Å². The third-order valence-corrected chi connectivity index (χ3v) is 2.92. The van der Waals surface area contributed by atoms with Crippen LogP contribution in [0.2, 0.25) is 0 Å². The van der Waals surface area contributed by atoms with E-state index in [-0.39, 0.29) is 11.9 Å². The number of halogens is 1. The van der Waals surface area contributed by atoms with Gasteiger partial charge in [0.15, 0.2) is 0 Å². The van der Waals surface area contributed by atoms with Gasteiger partial charge in [-0.25, -0.2) is 4.39 Å². The summed E-state index contributed by atoms with van der Waals surface area (Å²) in [6.45, 7) is 6.57. The van der Waals surface area contributed by atoms with Gasteiger partial charge in [0, 0.05) is 6.20 Å². The molecule has 4 nitrogen and oxygen atoms in total. The molecule has 1 atom stereocenters. The van der Waals surface area contributed by atoms with Gasteiger partial charge in [0.05, 0.1) is 23.6 Å². The predicted molar refractivity (Wildman–Crippen MR) is 71.2 cm³/mol. The summed E-state index contributed by atoms with van der Waals surface area (Å²) in [6, 6.07) is 3.35. The highest BCUT2D eigenvalue weighted by Gasteiger charge is 2.17. The lowest BCUT2D eigenvalue weighted by Crippen LogP contribution is -2.23. The molecule has 5 heteroatoms. The number of pyridine rings is 1. The Bertz CT molecular complexity index is 571. The summed E-state index contributed by atoms with van der Waals surface area (Å²) in [5.41, 5.74) is 3.47. The maximum absolute atomic E-state index is 13.3. The Balaban J connectivity index is 2.48. The summed E-state index contributed by atoms with van der Waals surface area (Å²) in [6.07, 6.45) is 2.88. The van der Waals surface area contributed by atoms with Crippen molar-refractivity contribution in [3.8, 4) is 0 Å². The van der Waals surface area contributed by atoms with Crippen LogP contribution in [0.25, 0.3) is 0 Å². The molecular formula is C14H17FN4. The maximum Gasteiger partial charge on any atom is 0.141 e. The quantitative estimate of drug-likeness (QED) is 0.916. The highest BCUT2D eigenvalue weighted by Crippen LogP contribution is 2.24. The van der Waals surface area contributed by atoms with Crippen LogP contribution in [0.5, 0.6) is 0 Å². The summed E-state index contributed by atoms with van der Waals surface area (Å²) in [5, 5.41) is 11.5. The molecule has 0 aromatic carbocycles. The van der Waals surface area contributed by atoms with Crippen LogP contribution in [0.3, 0.4) is 0 Å². The predicted octanol–water partition coefficient (Wildman–Crippen LogP) is 2.33. The molecule has 0 fully saturated rings. The molecule has 0 amide bonds. The third kappa shape index (κ3) is 3.12. The van der Waals surface area contributed by atoms with Gasteiger partial charge in [0.1, 0.15) is 5.82 Å². The van der Waals surface area contributed by atoms with Crippen molar-refractivity contribution < 1.29 is 4.39 Å². The molecule has 0 saturated heterocycles. The van der Waals surface area contributed by atoms with E-state index in [1.807, 2.05) is 26.8 Å². The minimum atomic E-state index is -0.336. The Labute approximate surface area is 112 Å². The van der Waals surface area contributed by atoms with Crippen LogP contribution in [-0.2, 0) is 0 Å². The summed E-state index contributed by atoms with van der Waals surface area (Å²) in [5.74, 6) is -0.336. The van der Waals surface area contributed by atoms with Crippen LogP contribution in [0, 0.1) is 19.7 Å². The lowest BCUT2D eigenvalue weighted by molar-refractivity contribution is 0.592. The lowest BCUT2D eigenvalue weighted by Gasteiger charge is -2.20. The van der Waals surface area contributed by atoms with Crippen molar-refractivity contribution in [1.82, 2.24) is 20.5 Å². The van der Waals surface area contributed by atoms with Crippen molar-refractivity contribution in [2.45, 2.75) is 26.8 Å². The molecule has 0 aliphatic heterocycles. The molecule has 0 bridgehead atoms. The molecule has 100 valence electrons. The first-order valence-corrected chi connectivity index (χ1v) is 6.26. The number of nitrogens with zero attached hydrogens (tertiary/aromatic N) is 3. The first-order valence-electron chi connectivity index (χ1n) is 6.26. The van der Waals surface area contributed by atoms with Gasteiger partial charge >= 0.3 is 0 Å². The van der Waals surface area contributed by atoms with E-state index in [0.29, 0.717) is 0 Å². The Morgan fingerprint density at radius 1 is 1.21 bits per heavy atom. The van der Waals surface area contributed by atoms with E-state index in [1.165, 1.54) is 12.3 Å². The van der Waals surface area contributed by atoms with Gasteiger partial charge in [0.25, 0.3) is 0 Å². The Hall–Kier alpha value is -1.88. The monoisotopic (exact) mass is 260 g/mol. The normalized spacial score (nSPS) is 12.4. The van der Waals surface area contributed by atoms with Gasteiger partial charge in [-0.05, 0) is 43.7 Å². The second-order valence-corrected chi connectivity index (χ2v) is 4.45. The Morgan fingerprint density at radius 2 is 2.00 bits per heavy atom. The highest BCUT2D eigenvalue weighted by molar-refractivity contribution is 5.33. The Morgan fingerprint density at radius 3 is 2.68 bits per heavy atom. The van der Waals surface area contributed by atoms with Crippen LogP contribution in [0.4, 0.5) is 4.39 Å². The maximum atomic E-state index is 13.3. The zero-order chi connectivity index (χ0) is 13.8. The molecule has 2 aromatic heterocycles. The number of hydrogen-bond acceptors (Lipinski definition) is 4. The molecule has 2 aromatic rings. The van der Waals surface area contributed by atoms with Crippen LogP contribution in [-0.4, -0.2) is 21.7 Å². The molecular weight excluding hydrogens is 243 g/mol. The molecule has 1 N–H and O–H groups in total. The number of hydrogen-bond donors (Lipinski definition) is 1. The van der Waals surface area contributed by atoms with Crippen LogP contribution < -0.4 is 5.32 Å². The molecule has 0 radical (unpaired) electrons. The van der Waals surface area contributed by atoms with Crippen molar-refractivity contribution in [2.24, 2.45) is 0 Å².